The Morgan fingerprint density at radius 1 is 1.37 bits per heavy atom. The van der Waals surface area contributed by atoms with E-state index < -0.39 is 11.7 Å². The Bertz CT molecular complexity index is 661. The number of amides is 1. The SMILES string of the molecule is N#Cc1cc(NC(=O)c2ccc(N)cn2)ccc1F. The van der Waals surface area contributed by atoms with Crippen LogP contribution in [0.25, 0.3) is 0 Å². The quantitative estimate of drug-likeness (QED) is 0.858. The van der Waals surface area contributed by atoms with Gasteiger partial charge in [0.25, 0.3) is 5.91 Å². The summed E-state index contributed by atoms with van der Waals surface area (Å²) in [6, 6.07) is 8.45. The molecular weight excluding hydrogens is 247 g/mol. The molecule has 0 aliphatic carbocycles. The third-order valence-corrected chi connectivity index (χ3v) is 2.36. The number of aromatic nitrogens is 1. The highest BCUT2D eigenvalue weighted by molar-refractivity contribution is 6.03. The zero-order chi connectivity index (χ0) is 13.8. The minimum atomic E-state index is -0.633. The van der Waals surface area contributed by atoms with Gasteiger partial charge in [0.05, 0.1) is 17.4 Å². The highest BCUT2D eigenvalue weighted by Gasteiger charge is 2.09. The number of anilines is 2. The van der Waals surface area contributed by atoms with Gasteiger partial charge in [-0.1, -0.05) is 0 Å². The summed E-state index contributed by atoms with van der Waals surface area (Å²) in [6.07, 6.45) is 1.36. The molecule has 0 aliphatic rings. The summed E-state index contributed by atoms with van der Waals surface area (Å²) in [5, 5.41) is 11.2. The van der Waals surface area contributed by atoms with E-state index in [0.29, 0.717) is 11.4 Å². The molecule has 1 heterocycles. The molecule has 0 radical (unpaired) electrons. The first-order valence-corrected chi connectivity index (χ1v) is 5.32. The van der Waals surface area contributed by atoms with Crippen molar-refractivity contribution in [2.24, 2.45) is 0 Å². The molecule has 1 aromatic carbocycles. The summed E-state index contributed by atoms with van der Waals surface area (Å²) in [7, 11) is 0. The number of nitrogens with one attached hydrogen (secondary N) is 1. The van der Waals surface area contributed by atoms with Crippen molar-refractivity contribution in [1.29, 1.82) is 5.26 Å². The lowest BCUT2D eigenvalue weighted by atomic mass is 10.2. The molecule has 94 valence electrons. The number of carbonyl (C=O) groups excluding carboxylic acids is 1. The molecule has 1 aromatic heterocycles. The number of pyridine rings is 1. The van der Waals surface area contributed by atoms with Gasteiger partial charge >= 0.3 is 0 Å². The smallest absolute Gasteiger partial charge is 0.274 e. The van der Waals surface area contributed by atoms with Crippen molar-refractivity contribution in [3.8, 4) is 6.07 Å². The van der Waals surface area contributed by atoms with Crippen molar-refractivity contribution < 1.29 is 9.18 Å². The van der Waals surface area contributed by atoms with Gasteiger partial charge in [0.2, 0.25) is 0 Å². The van der Waals surface area contributed by atoms with Crippen LogP contribution < -0.4 is 11.1 Å². The number of nitrogens with two attached hydrogens (primary N) is 1. The lowest BCUT2D eigenvalue weighted by Gasteiger charge is -2.05. The van der Waals surface area contributed by atoms with E-state index >= 15 is 0 Å². The normalized spacial score (nSPS) is 9.68. The Morgan fingerprint density at radius 3 is 2.79 bits per heavy atom. The molecule has 0 spiro atoms. The van der Waals surface area contributed by atoms with Gasteiger partial charge in [0.15, 0.2) is 0 Å². The lowest BCUT2D eigenvalue weighted by Crippen LogP contribution is -2.13. The molecule has 6 heteroatoms. The van der Waals surface area contributed by atoms with Crippen LogP contribution in [0.15, 0.2) is 36.5 Å². The first-order valence-electron chi connectivity index (χ1n) is 5.32. The van der Waals surface area contributed by atoms with E-state index in [1.807, 2.05) is 0 Å². The van der Waals surface area contributed by atoms with Crippen molar-refractivity contribution in [2.75, 3.05) is 11.1 Å². The fourth-order valence-corrected chi connectivity index (χ4v) is 1.42. The van der Waals surface area contributed by atoms with Gasteiger partial charge in [-0.2, -0.15) is 5.26 Å². The van der Waals surface area contributed by atoms with E-state index in [2.05, 4.69) is 10.3 Å². The van der Waals surface area contributed by atoms with Crippen molar-refractivity contribution in [3.05, 3.63) is 53.6 Å². The molecule has 19 heavy (non-hydrogen) atoms. The minimum Gasteiger partial charge on any atom is -0.397 e. The Labute approximate surface area is 108 Å². The minimum absolute atomic E-state index is 0.136. The van der Waals surface area contributed by atoms with Gasteiger partial charge in [0, 0.05) is 5.69 Å². The Morgan fingerprint density at radius 2 is 2.16 bits per heavy atom. The number of halogens is 1. The van der Waals surface area contributed by atoms with Gasteiger partial charge in [-0.25, -0.2) is 9.37 Å². The highest BCUT2D eigenvalue weighted by Crippen LogP contribution is 2.14. The zero-order valence-corrected chi connectivity index (χ0v) is 9.72. The van der Waals surface area contributed by atoms with E-state index in [1.54, 1.807) is 12.1 Å². The molecule has 0 atom stereocenters. The molecule has 3 N–H and O–H groups in total. The third-order valence-electron chi connectivity index (χ3n) is 2.36. The molecule has 0 unspecified atom stereocenters. The molecule has 0 fully saturated rings. The van der Waals surface area contributed by atoms with E-state index in [1.165, 1.54) is 24.4 Å². The second-order valence-corrected chi connectivity index (χ2v) is 3.74. The van der Waals surface area contributed by atoms with E-state index in [4.69, 9.17) is 11.0 Å². The van der Waals surface area contributed by atoms with E-state index in [0.717, 1.165) is 6.07 Å². The Kier molecular flexibility index (Phi) is 3.39. The summed E-state index contributed by atoms with van der Waals surface area (Å²) >= 11 is 0. The fourth-order valence-electron chi connectivity index (χ4n) is 1.42. The molecule has 0 aliphatic heterocycles. The molecule has 2 rings (SSSR count). The summed E-state index contributed by atoms with van der Waals surface area (Å²) in [6.45, 7) is 0. The van der Waals surface area contributed by atoms with Crippen LogP contribution in [0, 0.1) is 17.1 Å². The molecular formula is C13H9FN4O. The highest BCUT2D eigenvalue weighted by atomic mass is 19.1. The molecule has 0 saturated heterocycles. The maximum Gasteiger partial charge on any atom is 0.274 e. The molecule has 1 amide bonds. The molecule has 0 bridgehead atoms. The van der Waals surface area contributed by atoms with Gasteiger partial charge in [-0.3, -0.25) is 4.79 Å². The molecule has 5 nitrogen and oxygen atoms in total. The zero-order valence-electron chi connectivity index (χ0n) is 9.72. The number of nitrogens with zero attached hydrogens (tertiary/aromatic N) is 2. The Balaban J connectivity index is 2.20. The average molecular weight is 256 g/mol. The van der Waals surface area contributed by atoms with Crippen LogP contribution in [0.3, 0.4) is 0 Å². The first kappa shape index (κ1) is 12.5. The summed E-state index contributed by atoms with van der Waals surface area (Å²) < 4.78 is 13.1. The monoisotopic (exact) mass is 256 g/mol. The van der Waals surface area contributed by atoms with Crippen molar-refractivity contribution in [3.63, 3.8) is 0 Å². The van der Waals surface area contributed by atoms with Crippen molar-refractivity contribution in [2.45, 2.75) is 0 Å². The first-order chi connectivity index (χ1) is 9.10. The Hall–Kier alpha value is -2.94. The predicted molar refractivity (Wildman–Crippen MR) is 67.7 cm³/mol. The standard InChI is InChI=1S/C13H9FN4O/c14-11-3-2-10(5-8(11)6-15)18-13(19)12-4-1-9(16)7-17-12/h1-5,7H,16H2,(H,18,19). The number of rotatable bonds is 2. The van der Waals surface area contributed by atoms with Crippen LogP contribution in [0.1, 0.15) is 16.1 Å². The van der Waals surface area contributed by atoms with Crippen molar-refractivity contribution in [1.82, 2.24) is 4.98 Å². The second kappa shape index (κ2) is 5.14. The van der Waals surface area contributed by atoms with E-state index in [9.17, 15) is 9.18 Å². The van der Waals surface area contributed by atoms with Crippen LogP contribution in [-0.4, -0.2) is 10.9 Å². The molecule has 2 aromatic rings. The maximum atomic E-state index is 13.1. The summed E-state index contributed by atoms with van der Waals surface area (Å²) in [5.74, 6) is -1.10. The number of carbonyl (C=O) groups is 1. The summed E-state index contributed by atoms with van der Waals surface area (Å²) in [4.78, 5) is 15.7. The van der Waals surface area contributed by atoms with Crippen LogP contribution in [-0.2, 0) is 0 Å². The van der Waals surface area contributed by atoms with Gasteiger partial charge in [-0.15, -0.1) is 0 Å². The van der Waals surface area contributed by atoms with Gasteiger partial charge in [-0.05, 0) is 30.3 Å². The largest absolute Gasteiger partial charge is 0.397 e. The lowest BCUT2D eigenvalue weighted by molar-refractivity contribution is 0.102. The summed E-state index contributed by atoms with van der Waals surface area (Å²) in [5.41, 5.74) is 6.27. The number of hydrogen-bond acceptors (Lipinski definition) is 4. The fraction of sp³-hybridized carbons (Fsp3) is 0. The van der Waals surface area contributed by atoms with Gasteiger partial charge < -0.3 is 11.1 Å². The van der Waals surface area contributed by atoms with Crippen LogP contribution in [0.4, 0.5) is 15.8 Å². The van der Waals surface area contributed by atoms with E-state index in [-0.39, 0.29) is 11.3 Å². The maximum absolute atomic E-state index is 13.1. The molecule has 0 saturated carbocycles. The predicted octanol–water partition coefficient (Wildman–Crippen LogP) is 1.93. The topological polar surface area (TPSA) is 91.8 Å². The number of nitrogen functional groups attached to an aromatic ring is 1. The van der Waals surface area contributed by atoms with Crippen LogP contribution in [0.2, 0.25) is 0 Å². The third kappa shape index (κ3) is 2.84. The number of nitriles is 1. The van der Waals surface area contributed by atoms with Crippen molar-refractivity contribution >= 4 is 17.3 Å². The number of hydrogen-bond donors (Lipinski definition) is 2. The van der Waals surface area contributed by atoms with Gasteiger partial charge in [0.1, 0.15) is 17.6 Å². The van der Waals surface area contributed by atoms with Crippen LogP contribution in [0.5, 0.6) is 0 Å². The number of benzene rings is 1. The second-order valence-electron chi connectivity index (χ2n) is 3.74. The van der Waals surface area contributed by atoms with Crippen LogP contribution >= 0.6 is 0 Å². The average Bonchev–Trinajstić information content (AvgIpc) is 2.41.